The van der Waals surface area contributed by atoms with Crippen molar-refractivity contribution in [3.63, 3.8) is 0 Å². The van der Waals surface area contributed by atoms with Crippen molar-refractivity contribution in [2.45, 2.75) is 63.5 Å². The molecular formula is C21H32N2O3. The molecule has 1 amide bonds. The van der Waals surface area contributed by atoms with E-state index in [0.29, 0.717) is 23.1 Å². The lowest BCUT2D eigenvalue weighted by molar-refractivity contribution is 0.0855. The van der Waals surface area contributed by atoms with Crippen molar-refractivity contribution in [2.75, 3.05) is 27.3 Å². The predicted octanol–water partition coefficient (Wildman–Crippen LogP) is 3.62. The van der Waals surface area contributed by atoms with Crippen molar-refractivity contribution in [3.8, 4) is 11.5 Å². The van der Waals surface area contributed by atoms with E-state index in [-0.39, 0.29) is 11.9 Å². The highest BCUT2D eigenvalue weighted by Gasteiger charge is 2.28. The first kappa shape index (κ1) is 19.0. The molecule has 1 aromatic carbocycles. The quantitative estimate of drug-likeness (QED) is 0.815. The Labute approximate surface area is 157 Å². The van der Waals surface area contributed by atoms with Crippen molar-refractivity contribution in [1.29, 1.82) is 0 Å². The van der Waals surface area contributed by atoms with E-state index in [1.165, 1.54) is 38.5 Å². The lowest BCUT2D eigenvalue weighted by atomic mass is 9.99. The van der Waals surface area contributed by atoms with Gasteiger partial charge in [-0.05, 0) is 44.4 Å². The summed E-state index contributed by atoms with van der Waals surface area (Å²) in [5.41, 5.74) is 0.490. The second kappa shape index (κ2) is 9.26. The van der Waals surface area contributed by atoms with Gasteiger partial charge in [0.25, 0.3) is 5.91 Å². The fourth-order valence-corrected chi connectivity index (χ4v) is 4.41. The van der Waals surface area contributed by atoms with Crippen LogP contribution in [-0.4, -0.2) is 50.2 Å². The highest BCUT2D eigenvalue weighted by Crippen LogP contribution is 2.29. The van der Waals surface area contributed by atoms with Gasteiger partial charge in [0.1, 0.15) is 17.1 Å². The molecule has 1 heterocycles. The molecule has 26 heavy (non-hydrogen) atoms. The largest absolute Gasteiger partial charge is 0.496 e. The molecule has 1 unspecified atom stereocenters. The van der Waals surface area contributed by atoms with E-state index in [0.717, 1.165) is 25.9 Å². The average molecular weight is 360 g/mol. The number of ether oxygens (including phenoxy) is 2. The third-order valence-corrected chi connectivity index (χ3v) is 5.78. The van der Waals surface area contributed by atoms with E-state index in [1.807, 2.05) is 6.07 Å². The highest BCUT2D eigenvalue weighted by molar-refractivity contribution is 5.99. The van der Waals surface area contributed by atoms with E-state index in [9.17, 15) is 4.79 Å². The molecule has 0 radical (unpaired) electrons. The standard InChI is InChI=1S/C21H32N2O3/c1-25-18-12-7-13-19(26-2)20(18)21(24)22-16-9-8-14-23(15-16)17-10-5-3-4-6-11-17/h7,12-13,16-17H,3-6,8-11,14-15H2,1-2H3,(H,22,24). The molecule has 0 spiro atoms. The number of carbonyl (C=O) groups excluding carboxylic acids is 1. The lowest BCUT2D eigenvalue weighted by Crippen LogP contribution is -2.51. The summed E-state index contributed by atoms with van der Waals surface area (Å²) in [7, 11) is 3.17. The van der Waals surface area contributed by atoms with Crippen LogP contribution >= 0.6 is 0 Å². The Morgan fingerprint density at radius 3 is 2.27 bits per heavy atom. The van der Waals surface area contributed by atoms with Gasteiger partial charge < -0.3 is 14.8 Å². The van der Waals surface area contributed by atoms with Crippen molar-refractivity contribution >= 4 is 5.91 Å². The number of carbonyl (C=O) groups is 1. The van der Waals surface area contributed by atoms with Crippen molar-refractivity contribution in [1.82, 2.24) is 10.2 Å². The van der Waals surface area contributed by atoms with E-state index < -0.39 is 0 Å². The molecule has 1 aromatic rings. The number of methoxy groups -OCH3 is 2. The number of hydrogen-bond donors (Lipinski definition) is 1. The molecule has 1 saturated carbocycles. The normalized spacial score (nSPS) is 22.5. The first-order chi connectivity index (χ1) is 12.7. The Balaban J connectivity index is 1.66. The van der Waals surface area contributed by atoms with Gasteiger partial charge in [0, 0.05) is 18.6 Å². The molecule has 1 atom stereocenters. The van der Waals surface area contributed by atoms with Crippen LogP contribution in [0.5, 0.6) is 11.5 Å². The number of benzene rings is 1. The van der Waals surface area contributed by atoms with Crippen molar-refractivity contribution in [3.05, 3.63) is 23.8 Å². The number of nitrogens with zero attached hydrogens (tertiary/aromatic N) is 1. The minimum atomic E-state index is -0.105. The van der Waals surface area contributed by atoms with Crippen molar-refractivity contribution in [2.24, 2.45) is 0 Å². The van der Waals surface area contributed by atoms with Gasteiger partial charge in [-0.3, -0.25) is 9.69 Å². The van der Waals surface area contributed by atoms with Gasteiger partial charge in [-0.1, -0.05) is 31.7 Å². The number of piperidine rings is 1. The third-order valence-electron chi connectivity index (χ3n) is 5.78. The summed E-state index contributed by atoms with van der Waals surface area (Å²) in [5, 5.41) is 3.23. The van der Waals surface area contributed by atoms with E-state index >= 15 is 0 Å². The molecule has 1 aliphatic heterocycles. The topological polar surface area (TPSA) is 50.8 Å². The van der Waals surface area contributed by atoms with E-state index in [1.54, 1.807) is 26.4 Å². The van der Waals surface area contributed by atoms with Crippen LogP contribution in [0.4, 0.5) is 0 Å². The smallest absolute Gasteiger partial charge is 0.259 e. The fourth-order valence-electron chi connectivity index (χ4n) is 4.41. The lowest BCUT2D eigenvalue weighted by Gasteiger charge is -2.38. The molecule has 0 bridgehead atoms. The Morgan fingerprint density at radius 1 is 1.00 bits per heavy atom. The van der Waals surface area contributed by atoms with Crippen LogP contribution in [0.25, 0.3) is 0 Å². The van der Waals surface area contributed by atoms with Crippen LogP contribution in [0.15, 0.2) is 18.2 Å². The number of nitrogens with one attached hydrogen (secondary N) is 1. The molecule has 2 aliphatic rings. The Morgan fingerprint density at radius 2 is 1.65 bits per heavy atom. The fraction of sp³-hybridized carbons (Fsp3) is 0.667. The first-order valence-electron chi connectivity index (χ1n) is 9.99. The molecule has 1 saturated heterocycles. The number of hydrogen-bond acceptors (Lipinski definition) is 4. The maximum atomic E-state index is 12.9. The zero-order valence-electron chi connectivity index (χ0n) is 16.1. The average Bonchev–Trinajstić information content (AvgIpc) is 2.97. The summed E-state index contributed by atoms with van der Waals surface area (Å²) < 4.78 is 10.8. The predicted molar refractivity (Wildman–Crippen MR) is 103 cm³/mol. The molecule has 1 N–H and O–H groups in total. The first-order valence-corrected chi connectivity index (χ1v) is 9.99. The molecule has 5 nitrogen and oxygen atoms in total. The van der Waals surface area contributed by atoms with Crippen LogP contribution in [0.2, 0.25) is 0 Å². The molecule has 2 fully saturated rings. The van der Waals surface area contributed by atoms with Crippen LogP contribution in [0.3, 0.4) is 0 Å². The van der Waals surface area contributed by atoms with Gasteiger partial charge >= 0.3 is 0 Å². The van der Waals surface area contributed by atoms with Crippen LogP contribution in [-0.2, 0) is 0 Å². The molecular weight excluding hydrogens is 328 g/mol. The van der Waals surface area contributed by atoms with E-state index in [2.05, 4.69) is 10.2 Å². The van der Waals surface area contributed by atoms with Crippen LogP contribution < -0.4 is 14.8 Å². The number of likely N-dealkylation sites (tertiary alicyclic amines) is 1. The van der Waals surface area contributed by atoms with Crippen molar-refractivity contribution < 1.29 is 14.3 Å². The second-order valence-electron chi connectivity index (χ2n) is 7.49. The Kier molecular flexibility index (Phi) is 6.78. The molecule has 144 valence electrons. The zero-order valence-corrected chi connectivity index (χ0v) is 16.1. The number of rotatable bonds is 5. The van der Waals surface area contributed by atoms with Gasteiger partial charge in [-0.2, -0.15) is 0 Å². The summed E-state index contributed by atoms with van der Waals surface area (Å²) in [6.07, 6.45) is 10.2. The SMILES string of the molecule is COc1cccc(OC)c1C(=O)NC1CCCN(C2CCCCCC2)C1. The Hall–Kier alpha value is -1.75. The molecule has 1 aliphatic carbocycles. The maximum Gasteiger partial charge on any atom is 0.259 e. The second-order valence-corrected chi connectivity index (χ2v) is 7.49. The van der Waals surface area contributed by atoms with Gasteiger partial charge in [0.2, 0.25) is 0 Å². The zero-order chi connectivity index (χ0) is 18.4. The minimum absolute atomic E-state index is 0.105. The van der Waals surface area contributed by atoms with Gasteiger partial charge in [-0.15, -0.1) is 0 Å². The third kappa shape index (κ3) is 4.50. The monoisotopic (exact) mass is 360 g/mol. The summed E-state index contributed by atoms with van der Waals surface area (Å²) in [6, 6.07) is 6.32. The van der Waals surface area contributed by atoms with Crippen LogP contribution in [0.1, 0.15) is 61.7 Å². The summed E-state index contributed by atoms with van der Waals surface area (Å²) in [4.78, 5) is 15.5. The molecule has 5 heteroatoms. The maximum absolute atomic E-state index is 12.9. The molecule has 0 aromatic heterocycles. The number of amides is 1. The van der Waals surface area contributed by atoms with Crippen LogP contribution in [0, 0.1) is 0 Å². The Bertz CT molecular complexity index is 575. The van der Waals surface area contributed by atoms with Gasteiger partial charge in [0.05, 0.1) is 14.2 Å². The summed E-state index contributed by atoms with van der Waals surface area (Å²) >= 11 is 0. The van der Waals surface area contributed by atoms with E-state index in [4.69, 9.17) is 9.47 Å². The van der Waals surface area contributed by atoms with Gasteiger partial charge in [-0.25, -0.2) is 0 Å². The summed E-state index contributed by atoms with van der Waals surface area (Å²) in [6.45, 7) is 2.11. The minimum Gasteiger partial charge on any atom is -0.496 e. The summed E-state index contributed by atoms with van der Waals surface area (Å²) in [5.74, 6) is 1.00. The van der Waals surface area contributed by atoms with Gasteiger partial charge in [0.15, 0.2) is 0 Å². The highest BCUT2D eigenvalue weighted by atomic mass is 16.5. The molecule has 3 rings (SSSR count).